The van der Waals surface area contributed by atoms with Gasteiger partial charge in [0.15, 0.2) is 0 Å². The maximum atomic E-state index is 12.0. The smallest absolute Gasteiger partial charge is 0.310 e. The van der Waals surface area contributed by atoms with Crippen molar-refractivity contribution in [3.05, 3.63) is 0 Å². The van der Waals surface area contributed by atoms with Gasteiger partial charge in [-0.3, -0.25) is 9.59 Å². The first-order valence-corrected chi connectivity index (χ1v) is 6.35. The highest BCUT2D eigenvalue weighted by Crippen LogP contribution is 2.25. The molecule has 0 aromatic heterocycles. The molecule has 1 heterocycles. The minimum absolute atomic E-state index is 0.152. The summed E-state index contributed by atoms with van der Waals surface area (Å²) in [5, 5.41) is 0. The number of carbonyl (C=O) groups is 2. The van der Waals surface area contributed by atoms with E-state index >= 15 is 0 Å². The first-order valence-electron chi connectivity index (χ1n) is 6.35. The predicted octanol–water partition coefficient (Wildman–Crippen LogP) is 1.69. The van der Waals surface area contributed by atoms with Gasteiger partial charge in [-0.25, -0.2) is 0 Å². The molecule has 1 fully saturated rings. The molecule has 1 aliphatic rings. The predicted molar refractivity (Wildman–Crippen MR) is 65.3 cm³/mol. The Kier molecular flexibility index (Phi) is 4.97. The molecule has 1 amide bonds. The van der Waals surface area contributed by atoms with Crippen molar-refractivity contribution in [3.8, 4) is 0 Å². The molecule has 1 aliphatic heterocycles. The number of ether oxygens (including phenoxy) is 1. The van der Waals surface area contributed by atoms with Crippen molar-refractivity contribution in [3.63, 3.8) is 0 Å². The normalized spacial score (nSPS) is 25.8. The molecule has 4 nitrogen and oxygen atoms in total. The molecule has 1 rings (SSSR count). The van der Waals surface area contributed by atoms with E-state index in [1.54, 1.807) is 4.90 Å². The van der Waals surface area contributed by atoms with Gasteiger partial charge in [-0.2, -0.15) is 0 Å². The highest BCUT2D eigenvalue weighted by molar-refractivity contribution is 5.79. The van der Waals surface area contributed by atoms with E-state index in [-0.39, 0.29) is 23.7 Å². The Morgan fingerprint density at radius 1 is 1.41 bits per heavy atom. The third kappa shape index (κ3) is 3.45. The minimum atomic E-state index is -0.198. The van der Waals surface area contributed by atoms with Gasteiger partial charge in [-0.05, 0) is 11.8 Å². The summed E-state index contributed by atoms with van der Waals surface area (Å²) in [6.45, 7) is 7.35. The number of esters is 1. The van der Waals surface area contributed by atoms with Crippen molar-refractivity contribution in [1.29, 1.82) is 0 Å². The second-order valence-corrected chi connectivity index (χ2v) is 5.12. The second kappa shape index (κ2) is 6.03. The number of nitrogens with zero attached hydrogens (tertiary/aromatic N) is 1. The fraction of sp³-hybridized carbons (Fsp3) is 0.846. The maximum Gasteiger partial charge on any atom is 0.310 e. The average molecular weight is 241 g/mol. The highest BCUT2D eigenvalue weighted by Gasteiger charge is 2.37. The Hall–Kier alpha value is -1.06. The molecule has 3 unspecified atom stereocenters. The summed E-state index contributed by atoms with van der Waals surface area (Å²) in [7, 11) is 1.40. The monoisotopic (exact) mass is 241 g/mol. The van der Waals surface area contributed by atoms with Gasteiger partial charge in [-0.1, -0.05) is 27.2 Å². The van der Waals surface area contributed by atoms with Gasteiger partial charge in [0.25, 0.3) is 0 Å². The van der Waals surface area contributed by atoms with E-state index in [0.29, 0.717) is 25.4 Å². The molecule has 0 spiro atoms. The van der Waals surface area contributed by atoms with Crippen LogP contribution < -0.4 is 0 Å². The van der Waals surface area contributed by atoms with Crippen LogP contribution in [0.25, 0.3) is 0 Å². The zero-order chi connectivity index (χ0) is 13.0. The van der Waals surface area contributed by atoms with Crippen molar-refractivity contribution in [1.82, 2.24) is 4.90 Å². The molecule has 17 heavy (non-hydrogen) atoms. The van der Waals surface area contributed by atoms with Gasteiger partial charge in [-0.15, -0.1) is 0 Å². The highest BCUT2D eigenvalue weighted by atomic mass is 16.5. The SMILES string of the molecule is CCC(C)CC(=O)N1CC(C)C(C(=O)OC)C1. The number of methoxy groups -OCH3 is 1. The van der Waals surface area contributed by atoms with Crippen LogP contribution >= 0.6 is 0 Å². The number of amides is 1. The Balaban J connectivity index is 2.53. The lowest BCUT2D eigenvalue weighted by Gasteiger charge is -2.18. The van der Waals surface area contributed by atoms with Gasteiger partial charge in [0.05, 0.1) is 13.0 Å². The molecule has 4 heteroatoms. The Bertz CT molecular complexity index is 290. The van der Waals surface area contributed by atoms with E-state index in [9.17, 15) is 9.59 Å². The minimum Gasteiger partial charge on any atom is -0.469 e. The lowest BCUT2D eigenvalue weighted by atomic mass is 9.99. The number of hydrogen-bond acceptors (Lipinski definition) is 3. The van der Waals surface area contributed by atoms with E-state index in [0.717, 1.165) is 6.42 Å². The summed E-state index contributed by atoms with van der Waals surface area (Å²) in [6.07, 6.45) is 1.59. The first-order chi connectivity index (χ1) is 7.99. The number of likely N-dealkylation sites (tertiary alicyclic amines) is 1. The van der Waals surface area contributed by atoms with Crippen molar-refractivity contribution in [2.45, 2.75) is 33.6 Å². The zero-order valence-electron chi connectivity index (χ0n) is 11.2. The molecular formula is C13H23NO3. The number of rotatable bonds is 4. The van der Waals surface area contributed by atoms with E-state index in [2.05, 4.69) is 13.8 Å². The first kappa shape index (κ1) is 14.0. The van der Waals surface area contributed by atoms with Crippen LogP contribution in [0.4, 0.5) is 0 Å². The molecule has 0 N–H and O–H groups in total. The summed E-state index contributed by atoms with van der Waals surface area (Å²) in [4.78, 5) is 25.3. The molecule has 98 valence electrons. The van der Waals surface area contributed by atoms with Gasteiger partial charge in [0.1, 0.15) is 0 Å². The zero-order valence-corrected chi connectivity index (χ0v) is 11.2. The third-order valence-corrected chi connectivity index (χ3v) is 3.69. The fourth-order valence-corrected chi connectivity index (χ4v) is 2.20. The maximum absolute atomic E-state index is 12.0. The van der Waals surface area contributed by atoms with Crippen LogP contribution in [0.1, 0.15) is 33.6 Å². The molecule has 0 radical (unpaired) electrons. The van der Waals surface area contributed by atoms with Crippen LogP contribution in [0, 0.1) is 17.8 Å². The van der Waals surface area contributed by atoms with E-state index in [1.165, 1.54) is 7.11 Å². The summed E-state index contributed by atoms with van der Waals surface area (Å²) in [5.41, 5.74) is 0. The van der Waals surface area contributed by atoms with Crippen LogP contribution in [0.15, 0.2) is 0 Å². The van der Waals surface area contributed by atoms with E-state index < -0.39 is 0 Å². The summed E-state index contributed by atoms with van der Waals surface area (Å²) in [6, 6.07) is 0. The molecule has 0 bridgehead atoms. The van der Waals surface area contributed by atoms with Gasteiger partial charge >= 0.3 is 5.97 Å². The van der Waals surface area contributed by atoms with Crippen molar-refractivity contribution in [2.24, 2.45) is 17.8 Å². The fourth-order valence-electron chi connectivity index (χ4n) is 2.20. The summed E-state index contributed by atoms with van der Waals surface area (Å²) >= 11 is 0. The van der Waals surface area contributed by atoms with Crippen LogP contribution in [-0.2, 0) is 14.3 Å². The molecule has 1 saturated heterocycles. The van der Waals surface area contributed by atoms with Gasteiger partial charge in [0, 0.05) is 19.5 Å². The largest absolute Gasteiger partial charge is 0.469 e. The molecule has 0 aromatic rings. The molecule has 0 aliphatic carbocycles. The van der Waals surface area contributed by atoms with Crippen LogP contribution in [0.2, 0.25) is 0 Å². The summed E-state index contributed by atoms with van der Waals surface area (Å²) < 4.78 is 4.76. The number of hydrogen-bond donors (Lipinski definition) is 0. The van der Waals surface area contributed by atoms with Crippen LogP contribution in [0.3, 0.4) is 0 Å². The molecule has 0 saturated carbocycles. The quantitative estimate of drug-likeness (QED) is 0.704. The van der Waals surface area contributed by atoms with Crippen molar-refractivity contribution in [2.75, 3.05) is 20.2 Å². The topological polar surface area (TPSA) is 46.6 Å². The third-order valence-electron chi connectivity index (χ3n) is 3.69. The van der Waals surface area contributed by atoms with Crippen molar-refractivity contribution < 1.29 is 14.3 Å². The average Bonchev–Trinajstić information content (AvgIpc) is 2.70. The lowest BCUT2D eigenvalue weighted by Crippen LogP contribution is -2.31. The lowest BCUT2D eigenvalue weighted by molar-refractivity contribution is -0.146. The summed E-state index contributed by atoms with van der Waals surface area (Å²) in [5.74, 6) is 0.424. The molecule has 3 atom stereocenters. The Morgan fingerprint density at radius 3 is 2.59 bits per heavy atom. The van der Waals surface area contributed by atoms with Crippen LogP contribution in [0.5, 0.6) is 0 Å². The molecule has 0 aromatic carbocycles. The Labute approximate surface area is 103 Å². The van der Waals surface area contributed by atoms with Crippen LogP contribution in [-0.4, -0.2) is 37.0 Å². The van der Waals surface area contributed by atoms with E-state index in [1.807, 2.05) is 6.92 Å². The number of carbonyl (C=O) groups excluding carboxylic acids is 2. The van der Waals surface area contributed by atoms with Gasteiger partial charge < -0.3 is 9.64 Å². The second-order valence-electron chi connectivity index (χ2n) is 5.12. The standard InChI is InChI=1S/C13H23NO3/c1-5-9(2)6-12(15)14-7-10(3)11(8-14)13(16)17-4/h9-11H,5-8H2,1-4H3. The molecular weight excluding hydrogens is 218 g/mol. The van der Waals surface area contributed by atoms with Crippen molar-refractivity contribution >= 4 is 11.9 Å². The van der Waals surface area contributed by atoms with E-state index in [4.69, 9.17) is 4.74 Å². The van der Waals surface area contributed by atoms with Gasteiger partial charge in [0.2, 0.25) is 5.91 Å². The Morgan fingerprint density at radius 2 is 2.06 bits per heavy atom.